The van der Waals surface area contributed by atoms with Crippen LogP contribution in [-0.4, -0.2) is 11.8 Å². The first-order valence-corrected chi connectivity index (χ1v) is 6.47. The Morgan fingerprint density at radius 2 is 1.68 bits per heavy atom. The van der Waals surface area contributed by atoms with Crippen molar-refractivity contribution in [2.75, 3.05) is 5.32 Å². The molecule has 2 aromatic carbocycles. The maximum absolute atomic E-state index is 11.8. The van der Waals surface area contributed by atoms with E-state index in [0.29, 0.717) is 16.8 Å². The second kappa shape index (κ2) is 6.86. The van der Waals surface area contributed by atoms with Crippen molar-refractivity contribution in [1.82, 2.24) is 0 Å². The number of hydrogen-bond donors (Lipinski definition) is 2. The average Bonchev–Trinajstić information content (AvgIpc) is 2.54. The van der Waals surface area contributed by atoms with E-state index in [1.807, 2.05) is 6.07 Å². The van der Waals surface area contributed by atoms with Crippen molar-refractivity contribution in [3.05, 3.63) is 71.3 Å². The Bertz CT molecular complexity index is 754. The van der Waals surface area contributed by atoms with Crippen LogP contribution in [0.15, 0.2) is 54.6 Å². The summed E-state index contributed by atoms with van der Waals surface area (Å²) in [4.78, 5) is 22.7. The number of amides is 2. The van der Waals surface area contributed by atoms with Crippen molar-refractivity contribution < 1.29 is 9.59 Å². The highest BCUT2D eigenvalue weighted by molar-refractivity contribution is 6.02. The first-order valence-electron chi connectivity index (χ1n) is 6.47. The molecule has 2 rings (SSSR count). The molecule has 2 amide bonds. The summed E-state index contributed by atoms with van der Waals surface area (Å²) in [6, 6.07) is 15.2. The van der Waals surface area contributed by atoms with Gasteiger partial charge in [0, 0.05) is 17.3 Å². The third-order valence-corrected chi connectivity index (χ3v) is 2.90. The number of benzene rings is 2. The molecule has 0 aliphatic heterocycles. The summed E-state index contributed by atoms with van der Waals surface area (Å²) in [5, 5.41) is 11.4. The Morgan fingerprint density at radius 3 is 2.23 bits per heavy atom. The van der Waals surface area contributed by atoms with Gasteiger partial charge in [0.25, 0.3) is 0 Å². The molecule has 0 saturated carbocycles. The van der Waals surface area contributed by atoms with Crippen LogP contribution in [0.3, 0.4) is 0 Å². The largest absolute Gasteiger partial charge is 0.366 e. The van der Waals surface area contributed by atoms with Gasteiger partial charge in [-0.25, -0.2) is 0 Å². The number of nitriles is 1. The summed E-state index contributed by atoms with van der Waals surface area (Å²) in [6.07, 6.45) is 3.04. The molecule has 0 bridgehead atoms. The van der Waals surface area contributed by atoms with E-state index in [1.165, 1.54) is 6.08 Å². The second-order valence-corrected chi connectivity index (χ2v) is 4.50. The van der Waals surface area contributed by atoms with Gasteiger partial charge in [0.1, 0.15) is 0 Å². The molecule has 22 heavy (non-hydrogen) atoms. The van der Waals surface area contributed by atoms with Crippen molar-refractivity contribution in [1.29, 1.82) is 5.26 Å². The fourth-order valence-electron chi connectivity index (χ4n) is 1.74. The summed E-state index contributed by atoms with van der Waals surface area (Å²) in [7, 11) is 0. The first kappa shape index (κ1) is 15.0. The number of carbonyl (C=O) groups is 2. The van der Waals surface area contributed by atoms with Gasteiger partial charge < -0.3 is 11.1 Å². The standard InChI is InChI=1S/C17H13N3O2/c18-11-13-3-1-12(2-4-13)5-10-16(21)20-15-8-6-14(7-9-15)17(19)22/h1-10H,(H2,19,22)(H,20,21)/b10-5+. The van der Waals surface area contributed by atoms with Gasteiger partial charge in [-0.05, 0) is 48.0 Å². The van der Waals surface area contributed by atoms with Crippen LogP contribution in [-0.2, 0) is 4.79 Å². The summed E-state index contributed by atoms with van der Waals surface area (Å²) >= 11 is 0. The van der Waals surface area contributed by atoms with Crippen LogP contribution in [0.2, 0.25) is 0 Å². The third kappa shape index (κ3) is 4.05. The molecule has 0 aliphatic carbocycles. The zero-order chi connectivity index (χ0) is 15.9. The van der Waals surface area contributed by atoms with Gasteiger partial charge in [-0.2, -0.15) is 5.26 Å². The average molecular weight is 291 g/mol. The number of rotatable bonds is 4. The Morgan fingerprint density at radius 1 is 1.05 bits per heavy atom. The van der Waals surface area contributed by atoms with Gasteiger partial charge in [0.05, 0.1) is 11.6 Å². The van der Waals surface area contributed by atoms with E-state index in [9.17, 15) is 9.59 Å². The Balaban J connectivity index is 1.98. The molecule has 0 heterocycles. The molecule has 3 N–H and O–H groups in total. The molecule has 5 heteroatoms. The molecule has 0 atom stereocenters. The number of anilines is 1. The molecule has 0 fully saturated rings. The van der Waals surface area contributed by atoms with E-state index in [2.05, 4.69) is 5.32 Å². The summed E-state index contributed by atoms with van der Waals surface area (Å²) < 4.78 is 0. The molecule has 0 unspecified atom stereocenters. The van der Waals surface area contributed by atoms with Crippen LogP contribution in [0.5, 0.6) is 0 Å². The molecule has 0 saturated heterocycles. The number of nitrogens with two attached hydrogens (primary N) is 1. The van der Waals surface area contributed by atoms with Gasteiger partial charge in [0.15, 0.2) is 0 Å². The molecule has 0 spiro atoms. The second-order valence-electron chi connectivity index (χ2n) is 4.50. The molecule has 2 aromatic rings. The van der Waals surface area contributed by atoms with Crippen LogP contribution in [0.4, 0.5) is 5.69 Å². The SMILES string of the molecule is N#Cc1ccc(/C=C/C(=O)Nc2ccc(C(N)=O)cc2)cc1. The predicted octanol–water partition coefficient (Wildman–Crippen LogP) is 2.31. The Hall–Kier alpha value is -3.39. The lowest BCUT2D eigenvalue weighted by atomic mass is 10.1. The van der Waals surface area contributed by atoms with Crippen LogP contribution in [0.25, 0.3) is 6.08 Å². The molecule has 0 aromatic heterocycles. The minimum Gasteiger partial charge on any atom is -0.366 e. The van der Waals surface area contributed by atoms with Crippen molar-refractivity contribution in [3.8, 4) is 6.07 Å². The maximum atomic E-state index is 11.8. The topological polar surface area (TPSA) is 96.0 Å². The highest BCUT2D eigenvalue weighted by atomic mass is 16.1. The molecular weight excluding hydrogens is 278 g/mol. The van der Waals surface area contributed by atoms with E-state index in [1.54, 1.807) is 54.6 Å². The number of hydrogen-bond acceptors (Lipinski definition) is 3. The lowest BCUT2D eigenvalue weighted by Crippen LogP contribution is -2.11. The van der Waals surface area contributed by atoms with Crippen molar-refractivity contribution in [2.24, 2.45) is 5.73 Å². The minimum atomic E-state index is -0.515. The van der Waals surface area contributed by atoms with Crippen LogP contribution in [0.1, 0.15) is 21.5 Å². The van der Waals surface area contributed by atoms with Gasteiger partial charge >= 0.3 is 0 Å². The fraction of sp³-hybridized carbons (Fsp3) is 0. The normalized spacial score (nSPS) is 10.1. The fourth-order valence-corrected chi connectivity index (χ4v) is 1.74. The number of carbonyl (C=O) groups excluding carboxylic acids is 2. The molecule has 0 aliphatic rings. The zero-order valence-electron chi connectivity index (χ0n) is 11.6. The lowest BCUT2D eigenvalue weighted by Gasteiger charge is -2.02. The van der Waals surface area contributed by atoms with Gasteiger partial charge in [-0.3, -0.25) is 9.59 Å². The predicted molar refractivity (Wildman–Crippen MR) is 83.8 cm³/mol. The highest BCUT2D eigenvalue weighted by Crippen LogP contribution is 2.10. The van der Waals surface area contributed by atoms with Crippen LogP contribution >= 0.6 is 0 Å². The number of primary amides is 1. The lowest BCUT2D eigenvalue weighted by molar-refractivity contribution is -0.111. The Kier molecular flexibility index (Phi) is 4.68. The smallest absolute Gasteiger partial charge is 0.248 e. The summed E-state index contributed by atoms with van der Waals surface area (Å²) in [6.45, 7) is 0. The number of nitrogens with zero attached hydrogens (tertiary/aromatic N) is 1. The Labute approximate surface area is 127 Å². The monoisotopic (exact) mass is 291 g/mol. The van der Waals surface area contributed by atoms with E-state index in [0.717, 1.165) is 5.56 Å². The van der Waals surface area contributed by atoms with Crippen LogP contribution in [0, 0.1) is 11.3 Å². The molecule has 0 radical (unpaired) electrons. The third-order valence-electron chi connectivity index (χ3n) is 2.90. The first-order chi connectivity index (χ1) is 10.6. The van der Waals surface area contributed by atoms with E-state index < -0.39 is 5.91 Å². The maximum Gasteiger partial charge on any atom is 0.248 e. The van der Waals surface area contributed by atoms with Crippen molar-refractivity contribution in [2.45, 2.75) is 0 Å². The van der Waals surface area contributed by atoms with Gasteiger partial charge in [-0.1, -0.05) is 12.1 Å². The van der Waals surface area contributed by atoms with Gasteiger partial charge in [0.2, 0.25) is 11.8 Å². The van der Waals surface area contributed by atoms with E-state index in [4.69, 9.17) is 11.0 Å². The molecular formula is C17H13N3O2. The van der Waals surface area contributed by atoms with E-state index in [-0.39, 0.29) is 5.91 Å². The summed E-state index contributed by atoms with van der Waals surface area (Å²) in [5.41, 5.74) is 7.47. The van der Waals surface area contributed by atoms with Crippen molar-refractivity contribution in [3.63, 3.8) is 0 Å². The highest BCUT2D eigenvalue weighted by Gasteiger charge is 2.01. The zero-order valence-corrected chi connectivity index (χ0v) is 11.6. The van der Waals surface area contributed by atoms with E-state index >= 15 is 0 Å². The molecule has 108 valence electrons. The number of nitrogens with one attached hydrogen (secondary N) is 1. The summed E-state index contributed by atoms with van der Waals surface area (Å²) in [5.74, 6) is -0.810. The quantitative estimate of drug-likeness (QED) is 0.846. The molecule has 5 nitrogen and oxygen atoms in total. The van der Waals surface area contributed by atoms with Crippen molar-refractivity contribution >= 4 is 23.6 Å². The van der Waals surface area contributed by atoms with Crippen LogP contribution < -0.4 is 11.1 Å². The van der Waals surface area contributed by atoms with Gasteiger partial charge in [-0.15, -0.1) is 0 Å². The minimum absolute atomic E-state index is 0.295.